The quantitative estimate of drug-likeness (QED) is 0.819. The average molecular weight is 275 g/mol. The SMILES string of the molecule is CCCNCc1sc(N(C)C)nc1-c1ccccc1. The Balaban J connectivity index is 2.29. The molecule has 0 spiro atoms. The lowest BCUT2D eigenvalue weighted by Gasteiger charge is -2.05. The van der Waals surface area contributed by atoms with Crippen molar-refractivity contribution in [3.05, 3.63) is 35.2 Å². The third kappa shape index (κ3) is 3.55. The van der Waals surface area contributed by atoms with Gasteiger partial charge in [-0.2, -0.15) is 0 Å². The van der Waals surface area contributed by atoms with Gasteiger partial charge in [-0.3, -0.25) is 0 Å². The van der Waals surface area contributed by atoms with Crippen LogP contribution >= 0.6 is 11.3 Å². The maximum atomic E-state index is 4.76. The lowest BCUT2D eigenvalue weighted by Crippen LogP contribution is -2.13. The first-order valence-corrected chi connectivity index (χ1v) is 7.47. The van der Waals surface area contributed by atoms with Crippen molar-refractivity contribution in [3.63, 3.8) is 0 Å². The average Bonchev–Trinajstić information content (AvgIpc) is 2.84. The second kappa shape index (κ2) is 6.68. The molecule has 1 N–H and O–H groups in total. The Labute approximate surface area is 119 Å². The maximum Gasteiger partial charge on any atom is 0.185 e. The molecule has 0 atom stereocenters. The van der Waals surface area contributed by atoms with Crippen LogP contribution < -0.4 is 10.2 Å². The van der Waals surface area contributed by atoms with E-state index in [1.165, 1.54) is 10.4 Å². The van der Waals surface area contributed by atoms with E-state index in [9.17, 15) is 0 Å². The van der Waals surface area contributed by atoms with Gasteiger partial charge in [0.2, 0.25) is 0 Å². The van der Waals surface area contributed by atoms with E-state index in [-0.39, 0.29) is 0 Å². The molecule has 0 aliphatic heterocycles. The number of hydrogen-bond acceptors (Lipinski definition) is 4. The van der Waals surface area contributed by atoms with E-state index >= 15 is 0 Å². The van der Waals surface area contributed by atoms with Gasteiger partial charge in [0.05, 0.1) is 5.69 Å². The van der Waals surface area contributed by atoms with Gasteiger partial charge in [-0.15, -0.1) is 0 Å². The van der Waals surface area contributed by atoms with E-state index in [0.717, 1.165) is 30.3 Å². The minimum Gasteiger partial charge on any atom is -0.354 e. The molecule has 19 heavy (non-hydrogen) atoms. The fourth-order valence-electron chi connectivity index (χ4n) is 1.85. The van der Waals surface area contributed by atoms with E-state index in [4.69, 9.17) is 4.98 Å². The normalized spacial score (nSPS) is 10.7. The van der Waals surface area contributed by atoms with Crippen LogP contribution in [0.5, 0.6) is 0 Å². The van der Waals surface area contributed by atoms with Crippen molar-refractivity contribution in [2.24, 2.45) is 0 Å². The molecule has 0 aliphatic carbocycles. The van der Waals surface area contributed by atoms with Crippen LogP contribution in [0.25, 0.3) is 11.3 Å². The van der Waals surface area contributed by atoms with Gasteiger partial charge in [0.15, 0.2) is 5.13 Å². The van der Waals surface area contributed by atoms with Crippen molar-refractivity contribution in [2.45, 2.75) is 19.9 Å². The molecular formula is C15H21N3S. The molecule has 1 aromatic heterocycles. The predicted octanol–water partition coefficient (Wildman–Crippen LogP) is 3.38. The molecule has 0 saturated carbocycles. The van der Waals surface area contributed by atoms with E-state index in [2.05, 4.69) is 41.4 Å². The summed E-state index contributed by atoms with van der Waals surface area (Å²) >= 11 is 1.77. The third-order valence-corrected chi connectivity index (χ3v) is 4.05. The lowest BCUT2D eigenvalue weighted by atomic mass is 10.1. The van der Waals surface area contributed by atoms with Crippen molar-refractivity contribution in [1.82, 2.24) is 10.3 Å². The zero-order valence-corrected chi connectivity index (χ0v) is 12.6. The minimum absolute atomic E-state index is 0.892. The fourth-order valence-corrected chi connectivity index (χ4v) is 2.82. The third-order valence-electron chi connectivity index (χ3n) is 2.83. The van der Waals surface area contributed by atoms with Crippen LogP contribution in [0.1, 0.15) is 18.2 Å². The summed E-state index contributed by atoms with van der Waals surface area (Å²) in [5.74, 6) is 0. The highest BCUT2D eigenvalue weighted by Crippen LogP contribution is 2.32. The molecule has 1 aromatic carbocycles. The first-order chi connectivity index (χ1) is 9.22. The van der Waals surface area contributed by atoms with E-state index in [0.29, 0.717) is 0 Å². The summed E-state index contributed by atoms with van der Waals surface area (Å²) in [6.45, 7) is 4.12. The highest BCUT2D eigenvalue weighted by Gasteiger charge is 2.13. The van der Waals surface area contributed by atoms with Crippen molar-refractivity contribution in [2.75, 3.05) is 25.5 Å². The first kappa shape index (κ1) is 14.0. The molecule has 1 heterocycles. The van der Waals surface area contributed by atoms with Crippen LogP contribution in [0, 0.1) is 0 Å². The van der Waals surface area contributed by atoms with Crippen LogP contribution in [0.3, 0.4) is 0 Å². The van der Waals surface area contributed by atoms with Gasteiger partial charge >= 0.3 is 0 Å². The minimum atomic E-state index is 0.892. The second-order valence-corrected chi connectivity index (χ2v) is 5.77. The second-order valence-electron chi connectivity index (χ2n) is 4.71. The molecular weight excluding hydrogens is 254 g/mol. The summed E-state index contributed by atoms with van der Waals surface area (Å²) in [5.41, 5.74) is 2.30. The number of nitrogens with zero attached hydrogens (tertiary/aromatic N) is 2. The Hall–Kier alpha value is -1.39. The van der Waals surface area contributed by atoms with Crippen molar-refractivity contribution < 1.29 is 0 Å². The topological polar surface area (TPSA) is 28.2 Å². The van der Waals surface area contributed by atoms with Crippen LogP contribution in [0.4, 0.5) is 5.13 Å². The molecule has 0 bridgehead atoms. The van der Waals surface area contributed by atoms with E-state index in [1.54, 1.807) is 11.3 Å². The number of thiazole rings is 1. The lowest BCUT2D eigenvalue weighted by molar-refractivity contribution is 0.681. The smallest absolute Gasteiger partial charge is 0.185 e. The Morgan fingerprint density at radius 1 is 1.21 bits per heavy atom. The summed E-state index contributed by atoms with van der Waals surface area (Å²) in [7, 11) is 4.08. The van der Waals surface area contributed by atoms with Crippen molar-refractivity contribution in [1.29, 1.82) is 0 Å². The molecule has 0 saturated heterocycles. The zero-order valence-electron chi connectivity index (χ0n) is 11.8. The van der Waals surface area contributed by atoms with Gasteiger partial charge in [-0.05, 0) is 13.0 Å². The summed E-state index contributed by atoms with van der Waals surface area (Å²) < 4.78 is 0. The van der Waals surface area contributed by atoms with Crippen LogP contribution in [-0.2, 0) is 6.54 Å². The van der Waals surface area contributed by atoms with Crippen molar-refractivity contribution in [3.8, 4) is 11.3 Å². The highest BCUT2D eigenvalue weighted by atomic mass is 32.1. The molecule has 0 amide bonds. The molecule has 3 nitrogen and oxygen atoms in total. The van der Waals surface area contributed by atoms with Gasteiger partial charge in [0, 0.05) is 31.1 Å². The van der Waals surface area contributed by atoms with Crippen LogP contribution in [0.15, 0.2) is 30.3 Å². The highest BCUT2D eigenvalue weighted by molar-refractivity contribution is 7.16. The summed E-state index contributed by atoms with van der Waals surface area (Å²) in [6.07, 6.45) is 1.15. The van der Waals surface area contributed by atoms with E-state index in [1.807, 2.05) is 20.2 Å². The number of aromatic nitrogens is 1. The number of benzene rings is 1. The molecule has 0 aliphatic rings. The van der Waals surface area contributed by atoms with Gasteiger partial charge in [-0.1, -0.05) is 48.6 Å². The van der Waals surface area contributed by atoms with Crippen LogP contribution in [-0.4, -0.2) is 25.6 Å². The fraction of sp³-hybridized carbons (Fsp3) is 0.400. The Morgan fingerprint density at radius 2 is 1.95 bits per heavy atom. The Bertz CT molecular complexity index is 505. The Morgan fingerprint density at radius 3 is 2.58 bits per heavy atom. The molecule has 102 valence electrons. The number of hydrogen-bond donors (Lipinski definition) is 1. The predicted molar refractivity (Wildman–Crippen MR) is 83.9 cm³/mol. The molecule has 0 fully saturated rings. The number of anilines is 1. The molecule has 2 aromatic rings. The molecule has 0 unspecified atom stereocenters. The largest absolute Gasteiger partial charge is 0.354 e. The van der Waals surface area contributed by atoms with Gasteiger partial charge in [0.1, 0.15) is 0 Å². The maximum absolute atomic E-state index is 4.76. The number of rotatable bonds is 6. The zero-order chi connectivity index (χ0) is 13.7. The van der Waals surface area contributed by atoms with Gasteiger partial charge in [0.25, 0.3) is 0 Å². The van der Waals surface area contributed by atoms with Crippen LogP contribution in [0.2, 0.25) is 0 Å². The summed E-state index contributed by atoms with van der Waals surface area (Å²) in [5, 5.41) is 4.53. The summed E-state index contributed by atoms with van der Waals surface area (Å²) in [6, 6.07) is 10.4. The molecule has 0 radical (unpaired) electrons. The van der Waals surface area contributed by atoms with E-state index < -0.39 is 0 Å². The van der Waals surface area contributed by atoms with Crippen molar-refractivity contribution >= 4 is 16.5 Å². The number of nitrogens with one attached hydrogen (secondary N) is 1. The first-order valence-electron chi connectivity index (χ1n) is 6.65. The Kier molecular flexibility index (Phi) is 4.93. The standard InChI is InChI=1S/C15H21N3S/c1-4-10-16-11-13-14(12-8-6-5-7-9-12)17-15(19-13)18(2)3/h5-9,16H,4,10-11H2,1-3H3. The van der Waals surface area contributed by atoms with Gasteiger partial charge in [-0.25, -0.2) is 4.98 Å². The monoisotopic (exact) mass is 275 g/mol. The summed E-state index contributed by atoms with van der Waals surface area (Å²) in [4.78, 5) is 8.14. The molecule has 2 rings (SSSR count). The molecule has 4 heteroatoms. The van der Waals surface area contributed by atoms with Gasteiger partial charge < -0.3 is 10.2 Å².